The summed E-state index contributed by atoms with van der Waals surface area (Å²) in [5.74, 6) is 1.32. The Balaban J connectivity index is 1.40. The van der Waals surface area contributed by atoms with Crippen LogP contribution in [-0.2, 0) is 4.79 Å². The molecule has 1 aromatic heterocycles. The summed E-state index contributed by atoms with van der Waals surface area (Å²) < 4.78 is 3.41. The normalized spacial score (nSPS) is 17.3. The Morgan fingerprint density at radius 2 is 1.88 bits per heavy atom. The van der Waals surface area contributed by atoms with Gasteiger partial charge in [-0.2, -0.15) is 0 Å². The standard InChI is InChI=1S/C18H22IN5OS/c19-13-4-6-14(7-5-13)20-16(25)12-26-18-22-21-17(24(18)15-8-9-15)23-10-2-1-3-11-23/h4-7,15H,1-3,8-12H2,(H,20,25). The van der Waals surface area contributed by atoms with Crippen molar-refractivity contribution >= 4 is 51.9 Å². The van der Waals surface area contributed by atoms with Crippen LogP contribution in [0.4, 0.5) is 11.6 Å². The number of carbonyl (C=O) groups is 1. The molecule has 0 radical (unpaired) electrons. The maximum Gasteiger partial charge on any atom is 0.234 e. The van der Waals surface area contributed by atoms with Crippen LogP contribution in [0.2, 0.25) is 0 Å². The Hall–Kier alpha value is -1.29. The first-order valence-electron chi connectivity index (χ1n) is 9.09. The van der Waals surface area contributed by atoms with E-state index in [1.807, 2.05) is 24.3 Å². The number of benzene rings is 1. The number of carbonyl (C=O) groups excluding carboxylic acids is 1. The van der Waals surface area contributed by atoms with E-state index in [4.69, 9.17) is 0 Å². The minimum absolute atomic E-state index is 0.0129. The van der Waals surface area contributed by atoms with Gasteiger partial charge in [0.25, 0.3) is 0 Å². The highest BCUT2D eigenvalue weighted by molar-refractivity contribution is 14.1. The monoisotopic (exact) mass is 483 g/mol. The number of piperidine rings is 1. The fourth-order valence-corrected chi connectivity index (χ4v) is 4.35. The van der Waals surface area contributed by atoms with E-state index in [1.54, 1.807) is 0 Å². The fourth-order valence-electron chi connectivity index (χ4n) is 3.19. The van der Waals surface area contributed by atoms with Crippen LogP contribution < -0.4 is 10.2 Å². The molecule has 6 nitrogen and oxygen atoms in total. The van der Waals surface area contributed by atoms with Gasteiger partial charge in [0.1, 0.15) is 0 Å². The molecule has 2 aromatic rings. The lowest BCUT2D eigenvalue weighted by Crippen LogP contribution is -2.32. The lowest BCUT2D eigenvalue weighted by molar-refractivity contribution is -0.113. The molecule has 1 N–H and O–H groups in total. The SMILES string of the molecule is O=C(CSc1nnc(N2CCCCC2)n1C1CC1)Nc1ccc(I)cc1. The van der Waals surface area contributed by atoms with Crippen LogP contribution in [-0.4, -0.2) is 39.5 Å². The third-order valence-corrected chi connectivity index (χ3v) is 6.32. The highest BCUT2D eigenvalue weighted by Crippen LogP contribution is 2.41. The molecule has 0 spiro atoms. The van der Waals surface area contributed by atoms with E-state index in [2.05, 4.69) is 47.6 Å². The summed E-state index contributed by atoms with van der Waals surface area (Å²) in [7, 11) is 0. The molecule has 26 heavy (non-hydrogen) atoms. The van der Waals surface area contributed by atoms with E-state index in [0.29, 0.717) is 11.8 Å². The summed E-state index contributed by atoms with van der Waals surface area (Å²) in [6, 6.07) is 8.32. The second-order valence-electron chi connectivity index (χ2n) is 6.78. The molecule has 2 aliphatic rings. The molecule has 2 heterocycles. The number of anilines is 2. The first-order chi connectivity index (χ1) is 12.7. The fraction of sp³-hybridized carbons (Fsp3) is 0.500. The topological polar surface area (TPSA) is 63.1 Å². The van der Waals surface area contributed by atoms with Crippen molar-refractivity contribution in [2.24, 2.45) is 0 Å². The highest BCUT2D eigenvalue weighted by Gasteiger charge is 2.32. The number of hydrogen-bond donors (Lipinski definition) is 1. The van der Waals surface area contributed by atoms with Crippen LogP contribution in [0.25, 0.3) is 0 Å². The van der Waals surface area contributed by atoms with Gasteiger partial charge >= 0.3 is 0 Å². The van der Waals surface area contributed by atoms with Crippen molar-refractivity contribution in [3.63, 3.8) is 0 Å². The maximum absolute atomic E-state index is 12.3. The molecule has 4 rings (SSSR count). The molecule has 0 atom stereocenters. The third-order valence-electron chi connectivity index (χ3n) is 4.66. The number of rotatable bonds is 6. The zero-order valence-electron chi connectivity index (χ0n) is 14.5. The van der Waals surface area contributed by atoms with E-state index < -0.39 is 0 Å². The predicted molar refractivity (Wildman–Crippen MR) is 113 cm³/mol. The van der Waals surface area contributed by atoms with Crippen molar-refractivity contribution in [2.45, 2.75) is 43.3 Å². The Labute approximate surface area is 171 Å². The molecule has 1 saturated heterocycles. The second-order valence-corrected chi connectivity index (χ2v) is 8.96. The quantitative estimate of drug-likeness (QED) is 0.498. The van der Waals surface area contributed by atoms with E-state index in [1.165, 1.54) is 43.9 Å². The Morgan fingerprint density at radius 3 is 2.58 bits per heavy atom. The zero-order valence-corrected chi connectivity index (χ0v) is 17.5. The van der Waals surface area contributed by atoms with Crippen LogP contribution in [0, 0.1) is 3.57 Å². The minimum Gasteiger partial charge on any atom is -0.341 e. The molecule has 0 bridgehead atoms. The van der Waals surface area contributed by atoms with Gasteiger partial charge in [-0.15, -0.1) is 10.2 Å². The number of nitrogens with zero attached hydrogens (tertiary/aromatic N) is 4. The number of amides is 1. The summed E-state index contributed by atoms with van der Waals surface area (Å²) in [4.78, 5) is 14.6. The van der Waals surface area contributed by atoms with Gasteiger partial charge in [-0.25, -0.2) is 0 Å². The van der Waals surface area contributed by atoms with Crippen LogP contribution in [0.3, 0.4) is 0 Å². The molecule has 138 valence electrons. The number of aromatic nitrogens is 3. The molecule has 1 aliphatic carbocycles. The van der Waals surface area contributed by atoms with Gasteiger partial charge in [-0.05, 0) is 79.0 Å². The van der Waals surface area contributed by atoms with Crippen LogP contribution in [0.5, 0.6) is 0 Å². The summed E-state index contributed by atoms with van der Waals surface area (Å²) in [5.41, 5.74) is 0.827. The summed E-state index contributed by atoms with van der Waals surface area (Å²) in [6.07, 6.45) is 6.10. The number of thioether (sulfide) groups is 1. The minimum atomic E-state index is -0.0129. The van der Waals surface area contributed by atoms with Gasteiger partial charge in [-0.1, -0.05) is 11.8 Å². The van der Waals surface area contributed by atoms with Crippen molar-refractivity contribution in [1.82, 2.24) is 14.8 Å². The van der Waals surface area contributed by atoms with E-state index in [0.717, 1.165) is 33.5 Å². The molecule has 1 aliphatic heterocycles. The van der Waals surface area contributed by atoms with Crippen LogP contribution in [0.1, 0.15) is 38.1 Å². The molecular weight excluding hydrogens is 461 g/mol. The van der Waals surface area contributed by atoms with E-state index in [-0.39, 0.29) is 5.91 Å². The first-order valence-corrected chi connectivity index (χ1v) is 11.2. The average Bonchev–Trinajstić information content (AvgIpc) is 3.41. The van der Waals surface area contributed by atoms with Gasteiger partial charge < -0.3 is 10.2 Å². The van der Waals surface area contributed by atoms with Gasteiger partial charge in [-0.3, -0.25) is 9.36 Å². The van der Waals surface area contributed by atoms with Gasteiger partial charge in [0.2, 0.25) is 11.9 Å². The van der Waals surface area contributed by atoms with Crippen molar-refractivity contribution in [3.05, 3.63) is 27.8 Å². The summed E-state index contributed by atoms with van der Waals surface area (Å²) in [6.45, 7) is 2.12. The van der Waals surface area contributed by atoms with Gasteiger partial charge in [0.15, 0.2) is 5.16 Å². The van der Waals surface area contributed by atoms with Crippen LogP contribution in [0.15, 0.2) is 29.4 Å². The molecule has 2 fully saturated rings. The zero-order chi connectivity index (χ0) is 17.9. The second kappa shape index (κ2) is 8.16. The summed E-state index contributed by atoms with van der Waals surface area (Å²) >= 11 is 3.73. The molecule has 1 aromatic carbocycles. The summed E-state index contributed by atoms with van der Waals surface area (Å²) in [5, 5.41) is 12.7. The number of nitrogens with one attached hydrogen (secondary N) is 1. The van der Waals surface area contributed by atoms with Crippen molar-refractivity contribution in [1.29, 1.82) is 0 Å². The smallest absolute Gasteiger partial charge is 0.234 e. The van der Waals surface area contributed by atoms with Crippen molar-refractivity contribution in [3.8, 4) is 0 Å². The highest BCUT2D eigenvalue weighted by atomic mass is 127. The Morgan fingerprint density at radius 1 is 1.15 bits per heavy atom. The van der Waals surface area contributed by atoms with E-state index in [9.17, 15) is 4.79 Å². The maximum atomic E-state index is 12.3. The molecule has 0 unspecified atom stereocenters. The number of halogens is 1. The lowest BCUT2D eigenvalue weighted by atomic mass is 10.1. The Kier molecular flexibility index (Phi) is 5.68. The van der Waals surface area contributed by atoms with Gasteiger partial charge in [0, 0.05) is 28.4 Å². The van der Waals surface area contributed by atoms with E-state index >= 15 is 0 Å². The molecule has 1 saturated carbocycles. The Bertz CT molecular complexity index is 768. The van der Waals surface area contributed by atoms with Crippen molar-refractivity contribution in [2.75, 3.05) is 29.1 Å². The molecular formula is C18H22IN5OS. The first kappa shape index (κ1) is 18.1. The van der Waals surface area contributed by atoms with Crippen molar-refractivity contribution < 1.29 is 4.79 Å². The lowest BCUT2D eigenvalue weighted by Gasteiger charge is -2.27. The van der Waals surface area contributed by atoms with Crippen LogP contribution >= 0.6 is 34.4 Å². The molecule has 8 heteroatoms. The third kappa shape index (κ3) is 4.33. The predicted octanol–water partition coefficient (Wildman–Crippen LogP) is 3.94. The largest absolute Gasteiger partial charge is 0.341 e. The van der Waals surface area contributed by atoms with Gasteiger partial charge in [0.05, 0.1) is 5.75 Å². The number of hydrogen-bond acceptors (Lipinski definition) is 5. The molecule has 1 amide bonds. The average molecular weight is 483 g/mol.